The molecule has 0 unspecified atom stereocenters. The highest BCUT2D eigenvalue weighted by atomic mass is 32.1. The smallest absolute Gasteiger partial charge is 0.305 e. The van der Waals surface area contributed by atoms with Gasteiger partial charge in [0, 0.05) is 5.56 Å². The van der Waals surface area contributed by atoms with E-state index in [1.807, 2.05) is 42.5 Å². The highest BCUT2D eigenvalue weighted by Gasteiger charge is 2.11. The Balaban J connectivity index is 1.78. The van der Waals surface area contributed by atoms with Crippen molar-refractivity contribution in [2.24, 2.45) is 0 Å². The van der Waals surface area contributed by atoms with Crippen LogP contribution in [-0.2, 0) is 0 Å². The van der Waals surface area contributed by atoms with Crippen LogP contribution in [0, 0.1) is 5.82 Å². The predicted molar refractivity (Wildman–Crippen MR) is 94.2 cm³/mol. The Labute approximate surface area is 138 Å². The van der Waals surface area contributed by atoms with Crippen LogP contribution >= 0.6 is 12.2 Å². The molecule has 0 aliphatic carbocycles. The van der Waals surface area contributed by atoms with Crippen molar-refractivity contribution in [2.45, 2.75) is 0 Å². The number of thiocarbonyl (C=S) groups is 1. The molecule has 5 heteroatoms. The summed E-state index contributed by atoms with van der Waals surface area (Å²) in [6.45, 7) is 0. The van der Waals surface area contributed by atoms with Gasteiger partial charge in [0.1, 0.15) is 10.8 Å². The summed E-state index contributed by atoms with van der Waals surface area (Å²) >= 11 is 5.31. The van der Waals surface area contributed by atoms with Crippen LogP contribution in [0.5, 0.6) is 0 Å². The van der Waals surface area contributed by atoms with E-state index in [2.05, 4.69) is 10.6 Å². The van der Waals surface area contributed by atoms with Crippen LogP contribution in [0.2, 0.25) is 0 Å². The SMILES string of the molecule is O=C(NC(=S)c1cccc2ccccc12)Nc1ccccc1F. The summed E-state index contributed by atoms with van der Waals surface area (Å²) < 4.78 is 13.5. The van der Waals surface area contributed by atoms with Crippen molar-refractivity contribution in [2.75, 3.05) is 5.32 Å². The number of anilines is 1. The van der Waals surface area contributed by atoms with E-state index >= 15 is 0 Å². The van der Waals surface area contributed by atoms with E-state index in [1.54, 1.807) is 12.1 Å². The van der Waals surface area contributed by atoms with Gasteiger partial charge in [0.2, 0.25) is 0 Å². The summed E-state index contributed by atoms with van der Waals surface area (Å²) in [5.74, 6) is -0.501. The van der Waals surface area contributed by atoms with Gasteiger partial charge in [-0.3, -0.25) is 5.32 Å². The summed E-state index contributed by atoms with van der Waals surface area (Å²) in [6, 6.07) is 18.8. The Bertz CT molecular complexity index is 890. The largest absolute Gasteiger partial charge is 0.324 e. The Hall–Kier alpha value is -2.79. The van der Waals surface area contributed by atoms with Crippen LogP contribution in [0.25, 0.3) is 10.8 Å². The minimum atomic E-state index is -0.576. The van der Waals surface area contributed by atoms with E-state index in [0.717, 1.165) is 16.3 Å². The molecule has 0 aliphatic heterocycles. The maximum atomic E-state index is 13.5. The lowest BCUT2D eigenvalue weighted by Crippen LogP contribution is -2.34. The summed E-state index contributed by atoms with van der Waals surface area (Å²) in [5, 5.41) is 7.01. The van der Waals surface area contributed by atoms with Gasteiger partial charge in [-0.15, -0.1) is 0 Å². The van der Waals surface area contributed by atoms with Gasteiger partial charge >= 0.3 is 6.03 Å². The topological polar surface area (TPSA) is 41.1 Å². The van der Waals surface area contributed by atoms with E-state index in [9.17, 15) is 9.18 Å². The van der Waals surface area contributed by atoms with Crippen LogP contribution in [0.1, 0.15) is 5.56 Å². The third-order valence-corrected chi connectivity index (χ3v) is 3.71. The quantitative estimate of drug-likeness (QED) is 0.683. The number of carbonyl (C=O) groups excluding carboxylic acids is 1. The number of nitrogens with one attached hydrogen (secondary N) is 2. The second-order valence-corrected chi connectivity index (χ2v) is 5.32. The third kappa shape index (κ3) is 3.35. The number of halogens is 1. The molecule has 0 fully saturated rings. The van der Waals surface area contributed by atoms with Gasteiger partial charge in [-0.05, 0) is 22.9 Å². The van der Waals surface area contributed by atoms with Crippen LogP contribution in [0.4, 0.5) is 14.9 Å². The molecule has 2 amide bonds. The average Bonchev–Trinajstić information content (AvgIpc) is 2.56. The molecule has 0 aliphatic rings. The molecular formula is C18H13FN2OS. The molecule has 23 heavy (non-hydrogen) atoms. The monoisotopic (exact) mass is 324 g/mol. The molecule has 3 aromatic rings. The van der Waals surface area contributed by atoms with Gasteiger partial charge in [-0.1, -0.05) is 66.8 Å². The predicted octanol–water partition coefficient (Wildman–Crippen LogP) is 4.48. The summed E-state index contributed by atoms with van der Waals surface area (Å²) in [4.78, 5) is 12.3. The van der Waals surface area contributed by atoms with E-state index < -0.39 is 11.8 Å². The van der Waals surface area contributed by atoms with Crippen molar-refractivity contribution in [3.8, 4) is 0 Å². The summed E-state index contributed by atoms with van der Waals surface area (Å²) in [7, 11) is 0. The second kappa shape index (κ2) is 6.54. The number of benzene rings is 3. The molecule has 0 bridgehead atoms. The van der Waals surface area contributed by atoms with E-state index in [4.69, 9.17) is 12.2 Å². The maximum absolute atomic E-state index is 13.5. The minimum Gasteiger partial charge on any atom is -0.305 e. The van der Waals surface area contributed by atoms with Crippen molar-refractivity contribution >= 4 is 39.7 Å². The lowest BCUT2D eigenvalue weighted by molar-refractivity contribution is 0.256. The average molecular weight is 324 g/mol. The van der Waals surface area contributed by atoms with Crippen LogP contribution < -0.4 is 10.6 Å². The Morgan fingerprint density at radius 3 is 2.43 bits per heavy atom. The lowest BCUT2D eigenvalue weighted by atomic mass is 10.0. The van der Waals surface area contributed by atoms with E-state index in [-0.39, 0.29) is 10.7 Å². The number of hydrogen-bond acceptors (Lipinski definition) is 2. The fourth-order valence-corrected chi connectivity index (χ4v) is 2.58. The number of rotatable bonds is 2. The molecule has 3 nitrogen and oxygen atoms in total. The molecule has 0 radical (unpaired) electrons. The summed E-state index contributed by atoms with van der Waals surface area (Å²) in [6.07, 6.45) is 0. The molecular weight excluding hydrogens is 311 g/mol. The van der Waals surface area contributed by atoms with Crippen molar-refractivity contribution in [3.05, 3.63) is 78.1 Å². The van der Waals surface area contributed by atoms with Gasteiger partial charge in [-0.2, -0.15) is 0 Å². The minimum absolute atomic E-state index is 0.103. The Morgan fingerprint density at radius 1 is 0.913 bits per heavy atom. The van der Waals surface area contributed by atoms with Crippen molar-refractivity contribution < 1.29 is 9.18 Å². The van der Waals surface area contributed by atoms with Gasteiger partial charge in [0.05, 0.1) is 5.69 Å². The fourth-order valence-electron chi connectivity index (χ4n) is 2.31. The molecule has 0 saturated heterocycles. The number of carbonyl (C=O) groups is 1. The van der Waals surface area contributed by atoms with Gasteiger partial charge in [0.25, 0.3) is 0 Å². The highest BCUT2D eigenvalue weighted by molar-refractivity contribution is 7.80. The van der Waals surface area contributed by atoms with Gasteiger partial charge < -0.3 is 5.32 Å². The number of para-hydroxylation sites is 1. The zero-order chi connectivity index (χ0) is 16.2. The normalized spacial score (nSPS) is 10.3. The molecule has 0 saturated carbocycles. The maximum Gasteiger partial charge on any atom is 0.324 e. The van der Waals surface area contributed by atoms with Gasteiger partial charge in [0.15, 0.2) is 0 Å². The summed E-state index contributed by atoms with van der Waals surface area (Å²) in [5.41, 5.74) is 0.854. The first-order valence-corrected chi connectivity index (χ1v) is 7.40. The molecule has 3 rings (SSSR count). The molecule has 114 valence electrons. The fraction of sp³-hybridized carbons (Fsp3) is 0. The molecule has 0 spiro atoms. The first kappa shape index (κ1) is 15.1. The third-order valence-electron chi connectivity index (χ3n) is 3.38. The highest BCUT2D eigenvalue weighted by Crippen LogP contribution is 2.19. The van der Waals surface area contributed by atoms with Crippen molar-refractivity contribution in [1.82, 2.24) is 5.32 Å². The first-order valence-electron chi connectivity index (χ1n) is 7.00. The second-order valence-electron chi connectivity index (χ2n) is 4.91. The number of hydrogen-bond donors (Lipinski definition) is 2. The molecule has 0 atom stereocenters. The van der Waals surface area contributed by atoms with E-state index in [0.29, 0.717) is 0 Å². The molecule has 3 aromatic carbocycles. The lowest BCUT2D eigenvalue weighted by Gasteiger charge is -2.11. The van der Waals surface area contributed by atoms with Gasteiger partial charge in [-0.25, -0.2) is 9.18 Å². The molecule has 0 aromatic heterocycles. The van der Waals surface area contributed by atoms with Crippen molar-refractivity contribution in [3.63, 3.8) is 0 Å². The van der Waals surface area contributed by atoms with E-state index in [1.165, 1.54) is 12.1 Å². The first-order chi connectivity index (χ1) is 11.1. The van der Waals surface area contributed by atoms with Crippen LogP contribution in [0.15, 0.2) is 66.7 Å². The number of amides is 2. The molecule has 2 N–H and O–H groups in total. The zero-order valence-corrected chi connectivity index (χ0v) is 12.9. The van der Waals surface area contributed by atoms with Crippen molar-refractivity contribution in [1.29, 1.82) is 0 Å². The number of fused-ring (bicyclic) bond motifs is 1. The Kier molecular flexibility index (Phi) is 4.30. The van der Waals surface area contributed by atoms with Crippen LogP contribution in [-0.4, -0.2) is 11.0 Å². The zero-order valence-electron chi connectivity index (χ0n) is 12.0. The van der Waals surface area contributed by atoms with Crippen LogP contribution in [0.3, 0.4) is 0 Å². The molecule has 0 heterocycles. The standard InChI is InChI=1S/C18H13FN2OS/c19-15-10-3-4-11-16(15)20-18(22)21-17(23)14-9-5-7-12-6-1-2-8-13(12)14/h1-11H,(H2,20,21,22,23). The Morgan fingerprint density at radius 2 is 1.61 bits per heavy atom. The number of urea groups is 1.